The zero-order chi connectivity index (χ0) is 7.23. The Morgan fingerprint density at radius 1 is 1.50 bits per heavy atom. The first-order chi connectivity index (χ1) is 4.93. The smallest absolute Gasteiger partial charge is 0.0101 e. The average molecular weight is 134 g/mol. The predicted octanol–water partition coefficient (Wildman–Crippen LogP) is 3.23. The van der Waals surface area contributed by atoms with Crippen LogP contribution in [0.4, 0.5) is 0 Å². The molecule has 0 aromatic heterocycles. The second-order valence-electron chi connectivity index (χ2n) is 2.53. The molecule has 0 bridgehead atoms. The molecular formula is C10H14. The molecule has 0 N–H and O–H groups in total. The van der Waals surface area contributed by atoms with Crippen LogP contribution in [0.1, 0.15) is 26.2 Å². The first-order valence-electron chi connectivity index (χ1n) is 3.90. The quantitative estimate of drug-likeness (QED) is 0.509. The van der Waals surface area contributed by atoms with Crippen molar-refractivity contribution in [1.82, 2.24) is 0 Å². The predicted molar refractivity (Wildman–Crippen MR) is 45.9 cm³/mol. The van der Waals surface area contributed by atoms with Gasteiger partial charge in [-0.3, -0.25) is 0 Å². The van der Waals surface area contributed by atoms with Crippen molar-refractivity contribution in [3.05, 3.63) is 36.0 Å². The normalized spacial score (nSPS) is 17.9. The molecule has 0 radical (unpaired) electrons. The first-order valence-corrected chi connectivity index (χ1v) is 3.90. The topological polar surface area (TPSA) is 0 Å². The Hall–Kier alpha value is -0.780. The lowest BCUT2D eigenvalue weighted by atomic mass is 10.0. The SMILES string of the molecule is C/C=C/CC1=CCCC=C1. The lowest BCUT2D eigenvalue weighted by Crippen LogP contribution is -1.81. The minimum Gasteiger partial charge on any atom is -0.0913 e. The Kier molecular flexibility index (Phi) is 3.01. The maximum absolute atomic E-state index is 2.32. The summed E-state index contributed by atoms with van der Waals surface area (Å²) in [6.45, 7) is 2.06. The maximum Gasteiger partial charge on any atom is -0.0101 e. The van der Waals surface area contributed by atoms with E-state index in [2.05, 4.69) is 37.3 Å². The highest BCUT2D eigenvalue weighted by atomic mass is 14.0. The lowest BCUT2D eigenvalue weighted by Gasteiger charge is -2.02. The fraction of sp³-hybridized carbons (Fsp3) is 0.400. The van der Waals surface area contributed by atoms with E-state index in [-0.39, 0.29) is 0 Å². The second kappa shape index (κ2) is 4.10. The van der Waals surface area contributed by atoms with E-state index in [1.165, 1.54) is 18.4 Å². The minimum absolute atomic E-state index is 1.10. The van der Waals surface area contributed by atoms with Crippen molar-refractivity contribution in [3.8, 4) is 0 Å². The monoisotopic (exact) mass is 134 g/mol. The third kappa shape index (κ3) is 2.22. The van der Waals surface area contributed by atoms with E-state index in [0.29, 0.717) is 0 Å². The van der Waals surface area contributed by atoms with E-state index in [9.17, 15) is 0 Å². The molecule has 1 aliphatic carbocycles. The molecule has 54 valence electrons. The van der Waals surface area contributed by atoms with E-state index >= 15 is 0 Å². The van der Waals surface area contributed by atoms with Gasteiger partial charge in [0.1, 0.15) is 0 Å². The van der Waals surface area contributed by atoms with Crippen molar-refractivity contribution in [2.24, 2.45) is 0 Å². The Morgan fingerprint density at radius 3 is 3.00 bits per heavy atom. The Morgan fingerprint density at radius 2 is 2.40 bits per heavy atom. The van der Waals surface area contributed by atoms with E-state index in [1.807, 2.05) is 0 Å². The van der Waals surface area contributed by atoms with Gasteiger partial charge in [0.25, 0.3) is 0 Å². The molecular weight excluding hydrogens is 120 g/mol. The molecule has 0 saturated heterocycles. The Balaban J connectivity index is 2.40. The molecule has 0 saturated carbocycles. The molecule has 1 rings (SSSR count). The molecule has 0 nitrogen and oxygen atoms in total. The molecule has 10 heavy (non-hydrogen) atoms. The molecule has 0 aromatic rings. The molecule has 0 aromatic carbocycles. The van der Waals surface area contributed by atoms with Crippen molar-refractivity contribution in [3.63, 3.8) is 0 Å². The summed E-state index contributed by atoms with van der Waals surface area (Å²) in [4.78, 5) is 0. The largest absolute Gasteiger partial charge is 0.0913 e. The highest BCUT2D eigenvalue weighted by Crippen LogP contribution is 2.12. The molecule has 0 spiro atoms. The van der Waals surface area contributed by atoms with Crippen LogP contribution < -0.4 is 0 Å². The van der Waals surface area contributed by atoms with Gasteiger partial charge in [-0.05, 0) is 31.8 Å². The van der Waals surface area contributed by atoms with E-state index in [0.717, 1.165) is 6.42 Å². The highest BCUT2D eigenvalue weighted by molar-refractivity contribution is 5.24. The summed E-state index contributed by atoms with van der Waals surface area (Å²) in [5.74, 6) is 0. The van der Waals surface area contributed by atoms with E-state index < -0.39 is 0 Å². The van der Waals surface area contributed by atoms with Crippen molar-refractivity contribution < 1.29 is 0 Å². The van der Waals surface area contributed by atoms with Gasteiger partial charge in [0, 0.05) is 0 Å². The third-order valence-corrected chi connectivity index (χ3v) is 1.66. The van der Waals surface area contributed by atoms with Crippen LogP contribution in [0.3, 0.4) is 0 Å². The van der Waals surface area contributed by atoms with Crippen molar-refractivity contribution >= 4 is 0 Å². The number of hydrogen-bond acceptors (Lipinski definition) is 0. The summed E-state index contributed by atoms with van der Waals surface area (Å²) in [6.07, 6.45) is 14.6. The Bertz CT molecular complexity index is 170. The molecule has 0 unspecified atom stereocenters. The van der Waals surface area contributed by atoms with Crippen LogP contribution in [0.25, 0.3) is 0 Å². The fourth-order valence-electron chi connectivity index (χ4n) is 1.07. The lowest BCUT2D eigenvalue weighted by molar-refractivity contribution is 1.00. The number of rotatable bonds is 2. The van der Waals surface area contributed by atoms with Gasteiger partial charge in [-0.1, -0.05) is 30.4 Å². The van der Waals surface area contributed by atoms with Crippen LogP contribution >= 0.6 is 0 Å². The molecule has 0 heteroatoms. The first kappa shape index (κ1) is 7.33. The van der Waals surface area contributed by atoms with Crippen LogP contribution in [0.2, 0.25) is 0 Å². The molecule has 0 atom stereocenters. The molecule has 0 aliphatic heterocycles. The second-order valence-corrected chi connectivity index (χ2v) is 2.53. The van der Waals surface area contributed by atoms with Gasteiger partial charge in [-0.2, -0.15) is 0 Å². The van der Waals surface area contributed by atoms with Gasteiger partial charge >= 0.3 is 0 Å². The van der Waals surface area contributed by atoms with Gasteiger partial charge in [0.05, 0.1) is 0 Å². The zero-order valence-corrected chi connectivity index (χ0v) is 6.51. The summed E-state index contributed by atoms with van der Waals surface area (Å²) >= 11 is 0. The van der Waals surface area contributed by atoms with Crippen LogP contribution in [0.5, 0.6) is 0 Å². The number of allylic oxidation sites excluding steroid dienone is 6. The zero-order valence-electron chi connectivity index (χ0n) is 6.51. The van der Waals surface area contributed by atoms with Crippen LogP contribution in [-0.2, 0) is 0 Å². The average Bonchev–Trinajstić information content (AvgIpc) is 2.03. The standard InChI is InChI=1S/C10H14/c1-2-3-7-10-8-5-4-6-9-10/h2-3,5,8-9H,4,6-7H2,1H3/b3-2+. The summed E-state index contributed by atoms with van der Waals surface area (Å²) in [7, 11) is 0. The molecule has 0 amide bonds. The van der Waals surface area contributed by atoms with Crippen LogP contribution in [-0.4, -0.2) is 0 Å². The van der Waals surface area contributed by atoms with Crippen molar-refractivity contribution in [2.75, 3.05) is 0 Å². The summed E-state index contributed by atoms with van der Waals surface area (Å²) in [6, 6.07) is 0. The number of hydrogen-bond donors (Lipinski definition) is 0. The fourth-order valence-corrected chi connectivity index (χ4v) is 1.07. The van der Waals surface area contributed by atoms with Gasteiger partial charge in [0.2, 0.25) is 0 Å². The summed E-state index contributed by atoms with van der Waals surface area (Å²) in [5.41, 5.74) is 1.46. The molecule has 1 aliphatic rings. The maximum atomic E-state index is 2.32. The van der Waals surface area contributed by atoms with Gasteiger partial charge < -0.3 is 0 Å². The van der Waals surface area contributed by atoms with Crippen molar-refractivity contribution in [2.45, 2.75) is 26.2 Å². The van der Waals surface area contributed by atoms with Gasteiger partial charge in [-0.15, -0.1) is 0 Å². The van der Waals surface area contributed by atoms with Crippen LogP contribution in [0, 0.1) is 0 Å². The third-order valence-electron chi connectivity index (χ3n) is 1.66. The van der Waals surface area contributed by atoms with Gasteiger partial charge in [0.15, 0.2) is 0 Å². The van der Waals surface area contributed by atoms with Crippen LogP contribution in [0.15, 0.2) is 36.0 Å². The molecule has 0 fully saturated rings. The Labute approximate surface area is 62.9 Å². The van der Waals surface area contributed by atoms with E-state index in [1.54, 1.807) is 0 Å². The minimum atomic E-state index is 1.10. The molecule has 0 heterocycles. The van der Waals surface area contributed by atoms with E-state index in [4.69, 9.17) is 0 Å². The van der Waals surface area contributed by atoms with Crippen molar-refractivity contribution in [1.29, 1.82) is 0 Å². The van der Waals surface area contributed by atoms with Gasteiger partial charge in [-0.25, -0.2) is 0 Å². The highest BCUT2D eigenvalue weighted by Gasteiger charge is 1.92. The summed E-state index contributed by atoms with van der Waals surface area (Å²) in [5, 5.41) is 0. The summed E-state index contributed by atoms with van der Waals surface area (Å²) < 4.78 is 0.